The van der Waals surface area contributed by atoms with Gasteiger partial charge in [0.15, 0.2) is 5.78 Å². The van der Waals surface area contributed by atoms with Crippen LogP contribution < -0.4 is 5.32 Å². The highest BCUT2D eigenvalue weighted by molar-refractivity contribution is 6.09. The number of Topliss-reactive ketones (excluding diaryl/α,β-unsaturated/α-hetero) is 1. The van der Waals surface area contributed by atoms with E-state index >= 15 is 0 Å². The van der Waals surface area contributed by atoms with Crippen molar-refractivity contribution in [2.24, 2.45) is 0 Å². The first-order valence-electron chi connectivity index (χ1n) is 4.42. The predicted molar refractivity (Wildman–Crippen MR) is 55.4 cm³/mol. The van der Waals surface area contributed by atoms with E-state index in [1.165, 1.54) is 21.0 Å². The number of aliphatic hydroxyl groups is 1. The molecule has 0 saturated heterocycles. The van der Waals surface area contributed by atoms with E-state index in [4.69, 9.17) is 0 Å². The first-order chi connectivity index (χ1) is 6.35. The minimum atomic E-state index is -1.19. The van der Waals surface area contributed by atoms with Crippen molar-refractivity contribution in [1.29, 1.82) is 0 Å². The van der Waals surface area contributed by atoms with Gasteiger partial charge in [0.1, 0.15) is 6.04 Å². The molecular weight excluding hydrogens is 202 g/mol. The highest BCUT2D eigenvalue weighted by Crippen LogP contribution is 2.14. The Balaban J connectivity index is 4.61. The van der Waals surface area contributed by atoms with Crippen LogP contribution in [0.3, 0.4) is 0 Å². The van der Waals surface area contributed by atoms with Gasteiger partial charge in [-0.2, -0.15) is 0 Å². The second kappa shape index (κ2) is 5.11. The average molecular weight is 219 g/mol. The molecule has 0 fully saturated rings. The second-order valence-electron chi connectivity index (χ2n) is 3.39. The van der Waals surface area contributed by atoms with E-state index in [0.717, 1.165) is 10.2 Å². The summed E-state index contributed by atoms with van der Waals surface area (Å²) in [5, 5.41) is 12.2. The number of methoxy groups -OCH3 is 1. The SMILES string of the molecule is COC(=O)NC(C(C)=O)C(C)(O)C[SiH3]. The molecule has 0 bridgehead atoms. The average Bonchev–Trinajstić information content (AvgIpc) is 2.12. The molecule has 2 atom stereocenters. The molecule has 0 spiro atoms. The van der Waals surface area contributed by atoms with E-state index in [0.29, 0.717) is 6.04 Å². The summed E-state index contributed by atoms with van der Waals surface area (Å²) in [6.07, 6.45) is -0.708. The summed E-state index contributed by atoms with van der Waals surface area (Å²) in [4.78, 5) is 22.1. The third-order valence-electron chi connectivity index (χ3n) is 2.19. The molecule has 0 aliphatic rings. The Hall–Kier alpha value is -0.883. The van der Waals surface area contributed by atoms with E-state index < -0.39 is 17.7 Å². The summed E-state index contributed by atoms with van der Waals surface area (Å²) in [5.41, 5.74) is -1.19. The van der Waals surface area contributed by atoms with Crippen molar-refractivity contribution in [3.05, 3.63) is 0 Å². The van der Waals surface area contributed by atoms with Gasteiger partial charge in [0, 0.05) is 10.2 Å². The van der Waals surface area contributed by atoms with E-state index in [2.05, 4.69) is 10.1 Å². The Morgan fingerprint density at radius 2 is 2.14 bits per heavy atom. The van der Waals surface area contributed by atoms with Gasteiger partial charge in [0.2, 0.25) is 0 Å². The van der Waals surface area contributed by atoms with Gasteiger partial charge in [-0.1, -0.05) is 0 Å². The number of carbonyl (C=O) groups excluding carboxylic acids is 2. The zero-order chi connectivity index (χ0) is 11.4. The Labute approximate surface area is 86.2 Å². The van der Waals surface area contributed by atoms with Crippen molar-refractivity contribution >= 4 is 22.1 Å². The van der Waals surface area contributed by atoms with E-state index in [-0.39, 0.29) is 5.78 Å². The third kappa shape index (κ3) is 3.47. The van der Waals surface area contributed by atoms with Crippen LogP contribution in [0.1, 0.15) is 13.8 Å². The van der Waals surface area contributed by atoms with Gasteiger partial charge in [0.25, 0.3) is 0 Å². The van der Waals surface area contributed by atoms with Gasteiger partial charge in [-0.25, -0.2) is 4.79 Å². The Morgan fingerprint density at radius 3 is 2.43 bits per heavy atom. The molecule has 6 heteroatoms. The number of alkyl carbamates (subject to hydrolysis) is 1. The number of amides is 1. The lowest BCUT2D eigenvalue weighted by molar-refractivity contribution is -0.124. The maximum Gasteiger partial charge on any atom is 0.407 e. The predicted octanol–water partition coefficient (Wildman–Crippen LogP) is -1.17. The lowest BCUT2D eigenvalue weighted by atomic mass is 9.95. The van der Waals surface area contributed by atoms with Crippen LogP contribution >= 0.6 is 0 Å². The Kier molecular flexibility index (Phi) is 4.79. The standard InChI is InChI=1S/C8H17NO4Si/c1-5(10)6(8(2,12)4-14)9-7(11)13-3/h6,12H,4H2,1-3,14H3,(H,9,11). The molecule has 14 heavy (non-hydrogen) atoms. The number of ketones is 1. The van der Waals surface area contributed by atoms with Gasteiger partial charge < -0.3 is 15.2 Å². The van der Waals surface area contributed by atoms with Crippen molar-refractivity contribution in [2.75, 3.05) is 7.11 Å². The van der Waals surface area contributed by atoms with Gasteiger partial charge in [-0.3, -0.25) is 4.79 Å². The van der Waals surface area contributed by atoms with Crippen LogP contribution in [-0.2, 0) is 9.53 Å². The minimum Gasteiger partial charge on any atom is -0.453 e. The first-order valence-corrected chi connectivity index (χ1v) is 5.84. The number of rotatable bonds is 4. The topological polar surface area (TPSA) is 75.6 Å². The Morgan fingerprint density at radius 1 is 1.64 bits per heavy atom. The van der Waals surface area contributed by atoms with Crippen molar-refractivity contribution in [2.45, 2.75) is 31.5 Å². The maximum atomic E-state index is 11.2. The molecule has 0 aromatic rings. The fourth-order valence-electron chi connectivity index (χ4n) is 1.08. The summed E-state index contributed by atoms with van der Waals surface area (Å²) >= 11 is 0. The van der Waals surface area contributed by atoms with Crippen LogP contribution in [0.25, 0.3) is 0 Å². The van der Waals surface area contributed by atoms with Crippen LogP contribution in [0.5, 0.6) is 0 Å². The van der Waals surface area contributed by atoms with Gasteiger partial charge in [-0.05, 0) is 19.9 Å². The smallest absolute Gasteiger partial charge is 0.407 e. The van der Waals surface area contributed by atoms with E-state index in [9.17, 15) is 14.7 Å². The lowest BCUT2D eigenvalue weighted by Gasteiger charge is -2.30. The summed E-state index contributed by atoms with van der Waals surface area (Å²) < 4.78 is 4.37. The van der Waals surface area contributed by atoms with E-state index in [1.807, 2.05) is 0 Å². The van der Waals surface area contributed by atoms with Crippen LogP contribution in [-0.4, -0.2) is 46.0 Å². The number of hydrogen-bond acceptors (Lipinski definition) is 4. The van der Waals surface area contributed by atoms with Crippen molar-refractivity contribution in [3.8, 4) is 0 Å². The molecule has 1 amide bonds. The lowest BCUT2D eigenvalue weighted by Crippen LogP contribution is -2.54. The molecule has 0 aliphatic heterocycles. The second-order valence-corrected chi connectivity index (χ2v) is 4.10. The number of nitrogens with one attached hydrogen (secondary N) is 1. The minimum absolute atomic E-state index is 0.281. The molecule has 82 valence electrons. The molecule has 0 aromatic carbocycles. The zero-order valence-corrected chi connectivity index (χ0v) is 11.0. The molecule has 0 saturated carbocycles. The first kappa shape index (κ1) is 13.1. The monoisotopic (exact) mass is 219 g/mol. The fourth-order valence-corrected chi connectivity index (χ4v) is 1.48. The Bertz CT molecular complexity index is 229. The molecule has 2 N–H and O–H groups in total. The molecular formula is C8H17NO4Si. The summed E-state index contributed by atoms with van der Waals surface area (Å²) in [6.45, 7) is 2.86. The number of hydrogen-bond donors (Lipinski definition) is 2. The van der Waals surface area contributed by atoms with Crippen LogP contribution in [0, 0.1) is 0 Å². The van der Waals surface area contributed by atoms with Crippen LogP contribution in [0.4, 0.5) is 4.79 Å². The van der Waals surface area contributed by atoms with Gasteiger partial charge in [-0.15, -0.1) is 0 Å². The zero-order valence-electron chi connectivity index (χ0n) is 8.96. The molecule has 0 heterocycles. The van der Waals surface area contributed by atoms with Crippen molar-refractivity contribution in [1.82, 2.24) is 5.32 Å². The van der Waals surface area contributed by atoms with E-state index in [1.54, 1.807) is 0 Å². The molecule has 2 unspecified atom stereocenters. The quantitative estimate of drug-likeness (QED) is 0.585. The van der Waals surface area contributed by atoms with Gasteiger partial charge >= 0.3 is 6.09 Å². The normalized spacial score (nSPS) is 16.9. The van der Waals surface area contributed by atoms with Gasteiger partial charge in [0.05, 0.1) is 12.7 Å². The fraction of sp³-hybridized carbons (Fsp3) is 0.750. The van der Waals surface area contributed by atoms with Crippen LogP contribution in [0.2, 0.25) is 6.04 Å². The highest BCUT2D eigenvalue weighted by atomic mass is 28.1. The molecule has 5 nitrogen and oxygen atoms in total. The highest BCUT2D eigenvalue weighted by Gasteiger charge is 2.35. The molecule has 0 radical (unpaired) electrons. The third-order valence-corrected chi connectivity index (χ3v) is 3.62. The molecule has 0 aliphatic carbocycles. The summed E-state index contributed by atoms with van der Waals surface area (Å²) in [5.74, 6) is -0.281. The summed E-state index contributed by atoms with van der Waals surface area (Å²) in [7, 11) is 1.96. The van der Waals surface area contributed by atoms with Crippen molar-refractivity contribution in [3.63, 3.8) is 0 Å². The summed E-state index contributed by atoms with van der Waals surface area (Å²) in [6, 6.07) is -0.395. The molecule has 0 aromatic heterocycles. The largest absolute Gasteiger partial charge is 0.453 e. The molecule has 0 rings (SSSR count). The maximum absolute atomic E-state index is 11.2. The number of ether oxygens (including phenoxy) is 1. The van der Waals surface area contributed by atoms with Crippen LogP contribution in [0.15, 0.2) is 0 Å². The number of carbonyl (C=O) groups is 2. The van der Waals surface area contributed by atoms with Crippen molar-refractivity contribution < 1.29 is 19.4 Å².